The van der Waals surface area contributed by atoms with Crippen molar-refractivity contribution < 1.29 is 9.90 Å². The first-order valence-electron chi connectivity index (χ1n) is 6.91. The van der Waals surface area contributed by atoms with Gasteiger partial charge in [-0.25, -0.2) is 0 Å². The zero-order valence-electron chi connectivity index (χ0n) is 12.3. The molecule has 2 rings (SSSR count). The first kappa shape index (κ1) is 15.2. The number of nitrogens with zero attached hydrogens (tertiary/aromatic N) is 1. The molecule has 0 aliphatic rings. The lowest BCUT2D eigenvalue weighted by Crippen LogP contribution is -2.45. The first-order valence-corrected chi connectivity index (χ1v) is 6.91. The number of carboxylic acid groups (broad SMARTS) is 1. The standard InChI is InChI=1S/C17H20N2O2/c1-12-5-3-7-14(9-12)17(11-18,16(20)21)10-15-8-4-6-13(2)19-15/h3-9H,10-11,18H2,1-2H3,(H,20,21). The van der Waals surface area contributed by atoms with Crippen LogP contribution in [0.15, 0.2) is 42.5 Å². The SMILES string of the molecule is Cc1cccc(C(CN)(Cc2cccc(C)n2)C(=O)O)c1. The van der Waals surface area contributed by atoms with Gasteiger partial charge in [0.05, 0.1) is 0 Å². The summed E-state index contributed by atoms with van der Waals surface area (Å²) in [5, 5.41) is 9.79. The van der Waals surface area contributed by atoms with Crippen LogP contribution in [0.2, 0.25) is 0 Å². The van der Waals surface area contributed by atoms with E-state index in [1.165, 1.54) is 0 Å². The highest BCUT2D eigenvalue weighted by molar-refractivity contribution is 5.82. The van der Waals surface area contributed by atoms with Crippen LogP contribution in [0.25, 0.3) is 0 Å². The zero-order chi connectivity index (χ0) is 15.5. The van der Waals surface area contributed by atoms with Gasteiger partial charge in [-0.15, -0.1) is 0 Å². The fourth-order valence-electron chi connectivity index (χ4n) is 2.53. The summed E-state index contributed by atoms with van der Waals surface area (Å²) < 4.78 is 0. The van der Waals surface area contributed by atoms with Crippen molar-refractivity contribution in [1.29, 1.82) is 0 Å². The van der Waals surface area contributed by atoms with E-state index >= 15 is 0 Å². The third-order valence-corrected chi connectivity index (χ3v) is 3.76. The number of rotatable bonds is 5. The van der Waals surface area contributed by atoms with Gasteiger partial charge >= 0.3 is 5.97 Å². The lowest BCUT2D eigenvalue weighted by Gasteiger charge is -2.28. The average molecular weight is 284 g/mol. The summed E-state index contributed by atoms with van der Waals surface area (Å²) in [6.45, 7) is 3.86. The molecule has 1 aromatic carbocycles. The minimum absolute atomic E-state index is 0.0292. The van der Waals surface area contributed by atoms with Crippen molar-refractivity contribution in [3.8, 4) is 0 Å². The number of aromatic nitrogens is 1. The first-order chi connectivity index (χ1) is 9.98. The quantitative estimate of drug-likeness (QED) is 0.882. The molecule has 110 valence electrons. The van der Waals surface area contributed by atoms with Crippen LogP contribution in [-0.2, 0) is 16.6 Å². The van der Waals surface area contributed by atoms with Crippen molar-refractivity contribution in [2.75, 3.05) is 6.54 Å². The maximum atomic E-state index is 11.9. The summed E-state index contributed by atoms with van der Waals surface area (Å²) in [4.78, 5) is 16.4. The molecule has 1 aromatic heterocycles. The summed E-state index contributed by atoms with van der Waals surface area (Å²) in [7, 11) is 0. The summed E-state index contributed by atoms with van der Waals surface area (Å²) >= 11 is 0. The fourth-order valence-corrected chi connectivity index (χ4v) is 2.53. The highest BCUT2D eigenvalue weighted by atomic mass is 16.4. The van der Waals surface area contributed by atoms with Gasteiger partial charge in [0, 0.05) is 24.4 Å². The van der Waals surface area contributed by atoms with Gasteiger partial charge in [0.2, 0.25) is 0 Å². The van der Waals surface area contributed by atoms with E-state index < -0.39 is 11.4 Å². The molecule has 0 aliphatic heterocycles. The van der Waals surface area contributed by atoms with Crippen LogP contribution in [0.3, 0.4) is 0 Å². The molecule has 0 saturated carbocycles. The molecule has 0 spiro atoms. The molecule has 1 heterocycles. The van der Waals surface area contributed by atoms with Crippen LogP contribution in [-0.4, -0.2) is 22.6 Å². The summed E-state index contributed by atoms with van der Waals surface area (Å²) in [5.74, 6) is -0.918. The number of hydrogen-bond donors (Lipinski definition) is 2. The minimum Gasteiger partial charge on any atom is -0.481 e. The van der Waals surface area contributed by atoms with Gasteiger partial charge in [-0.2, -0.15) is 0 Å². The fraction of sp³-hybridized carbons (Fsp3) is 0.294. The van der Waals surface area contributed by atoms with Crippen molar-refractivity contribution in [2.45, 2.75) is 25.7 Å². The molecule has 0 radical (unpaired) electrons. The number of aliphatic carboxylic acids is 1. The minimum atomic E-state index is -1.15. The van der Waals surface area contributed by atoms with Gasteiger partial charge in [-0.1, -0.05) is 35.9 Å². The van der Waals surface area contributed by atoms with Crippen LogP contribution in [0, 0.1) is 13.8 Å². The largest absolute Gasteiger partial charge is 0.481 e. The maximum Gasteiger partial charge on any atom is 0.315 e. The highest BCUT2D eigenvalue weighted by Crippen LogP contribution is 2.28. The van der Waals surface area contributed by atoms with Crippen LogP contribution >= 0.6 is 0 Å². The lowest BCUT2D eigenvalue weighted by molar-refractivity contribution is -0.143. The average Bonchev–Trinajstić information content (AvgIpc) is 2.44. The van der Waals surface area contributed by atoms with Gasteiger partial charge in [-0.3, -0.25) is 9.78 Å². The van der Waals surface area contributed by atoms with E-state index in [4.69, 9.17) is 5.73 Å². The summed E-state index contributed by atoms with van der Waals surface area (Å²) in [5.41, 5.74) is 8.07. The number of pyridine rings is 1. The molecule has 2 aromatic rings. The summed E-state index contributed by atoms with van der Waals surface area (Å²) in [6, 6.07) is 13.1. The van der Waals surface area contributed by atoms with Crippen molar-refractivity contribution in [3.05, 3.63) is 65.0 Å². The summed E-state index contributed by atoms with van der Waals surface area (Å²) in [6.07, 6.45) is 0.282. The Bertz CT molecular complexity index is 655. The number of aryl methyl sites for hydroxylation is 2. The highest BCUT2D eigenvalue weighted by Gasteiger charge is 2.39. The van der Waals surface area contributed by atoms with Crippen LogP contribution in [0.4, 0.5) is 0 Å². The van der Waals surface area contributed by atoms with Crippen LogP contribution in [0.1, 0.15) is 22.5 Å². The monoisotopic (exact) mass is 284 g/mol. The smallest absolute Gasteiger partial charge is 0.315 e. The second-order valence-electron chi connectivity index (χ2n) is 5.41. The molecular weight excluding hydrogens is 264 g/mol. The lowest BCUT2D eigenvalue weighted by atomic mass is 9.76. The molecule has 4 nitrogen and oxygen atoms in total. The Balaban J connectivity index is 2.49. The van der Waals surface area contributed by atoms with E-state index in [1.54, 1.807) is 0 Å². The predicted octanol–water partition coefficient (Wildman–Crippen LogP) is 2.22. The maximum absolute atomic E-state index is 11.9. The van der Waals surface area contributed by atoms with Crippen molar-refractivity contribution in [1.82, 2.24) is 4.98 Å². The number of nitrogens with two attached hydrogens (primary N) is 1. The van der Waals surface area contributed by atoms with E-state index in [2.05, 4.69) is 4.98 Å². The molecule has 1 atom stereocenters. The number of hydrogen-bond acceptors (Lipinski definition) is 3. The number of carboxylic acids is 1. The molecule has 0 fully saturated rings. The van der Waals surface area contributed by atoms with E-state index in [9.17, 15) is 9.90 Å². The van der Waals surface area contributed by atoms with E-state index in [1.807, 2.05) is 56.3 Å². The Morgan fingerprint density at radius 2 is 1.95 bits per heavy atom. The number of benzene rings is 1. The Morgan fingerprint density at radius 1 is 1.24 bits per heavy atom. The van der Waals surface area contributed by atoms with E-state index in [0.29, 0.717) is 0 Å². The zero-order valence-corrected chi connectivity index (χ0v) is 12.3. The van der Waals surface area contributed by atoms with Crippen LogP contribution < -0.4 is 5.73 Å². The van der Waals surface area contributed by atoms with Crippen LogP contribution in [0.5, 0.6) is 0 Å². The molecule has 21 heavy (non-hydrogen) atoms. The van der Waals surface area contributed by atoms with Gasteiger partial charge in [-0.05, 0) is 31.5 Å². The second-order valence-corrected chi connectivity index (χ2v) is 5.41. The van der Waals surface area contributed by atoms with Crippen molar-refractivity contribution in [2.24, 2.45) is 5.73 Å². The molecule has 0 aliphatic carbocycles. The molecule has 4 heteroatoms. The molecule has 0 bridgehead atoms. The predicted molar refractivity (Wildman–Crippen MR) is 82.2 cm³/mol. The third-order valence-electron chi connectivity index (χ3n) is 3.76. The van der Waals surface area contributed by atoms with Gasteiger partial charge < -0.3 is 10.8 Å². The van der Waals surface area contributed by atoms with Crippen molar-refractivity contribution in [3.63, 3.8) is 0 Å². The van der Waals surface area contributed by atoms with E-state index in [0.717, 1.165) is 22.5 Å². The van der Waals surface area contributed by atoms with E-state index in [-0.39, 0.29) is 13.0 Å². The Kier molecular flexibility index (Phi) is 4.38. The molecule has 3 N–H and O–H groups in total. The van der Waals surface area contributed by atoms with Gasteiger partial charge in [0.25, 0.3) is 0 Å². The Morgan fingerprint density at radius 3 is 2.52 bits per heavy atom. The second kappa shape index (κ2) is 6.06. The molecular formula is C17H20N2O2. The topological polar surface area (TPSA) is 76.2 Å². The van der Waals surface area contributed by atoms with Crippen molar-refractivity contribution >= 4 is 5.97 Å². The number of carbonyl (C=O) groups is 1. The van der Waals surface area contributed by atoms with Gasteiger partial charge in [0.1, 0.15) is 5.41 Å². The molecule has 0 saturated heterocycles. The third kappa shape index (κ3) is 3.11. The Hall–Kier alpha value is -2.20. The normalized spacial score (nSPS) is 13.7. The molecule has 0 amide bonds. The van der Waals surface area contributed by atoms with Gasteiger partial charge in [0.15, 0.2) is 0 Å². The molecule has 1 unspecified atom stereocenters. The Labute approximate surface area is 124 Å².